The first-order chi connectivity index (χ1) is 5.06. The van der Waals surface area contributed by atoms with E-state index in [4.69, 9.17) is 11.6 Å². The number of methoxy groups -OCH3 is 1. The molecule has 11 heavy (non-hydrogen) atoms. The van der Waals surface area contributed by atoms with Gasteiger partial charge in [0.15, 0.2) is 0 Å². The number of hydrogen-bond acceptors (Lipinski definition) is 5. The van der Waals surface area contributed by atoms with E-state index in [1.54, 1.807) is 0 Å². The van der Waals surface area contributed by atoms with Crippen molar-refractivity contribution in [3.63, 3.8) is 0 Å². The summed E-state index contributed by atoms with van der Waals surface area (Å²) in [6, 6.07) is 0. The second-order valence-electron chi connectivity index (χ2n) is 1.38. The predicted molar refractivity (Wildman–Crippen MR) is 38.0 cm³/mol. The molecule has 0 radical (unpaired) electrons. The molecule has 0 N–H and O–H groups in total. The molecule has 0 aliphatic carbocycles. The Kier molecular flexibility index (Phi) is 5.18. The summed E-state index contributed by atoms with van der Waals surface area (Å²) in [6.07, 6.45) is -1.08. The van der Waals surface area contributed by atoms with Gasteiger partial charge in [-0.3, -0.25) is 0 Å². The predicted octanol–water partition coefficient (Wildman–Crippen LogP) is 0.949. The molecule has 0 rings (SSSR count). The lowest BCUT2D eigenvalue weighted by atomic mass is 10.9. The molecule has 0 aromatic heterocycles. The van der Waals surface area contributed by atoms with Gasteiger partial charge in [-0.2, -0.15) is 4.21 Å². The van der Waals surface area contributed by atoms with Crippen molar-refractivity contribution < 1.29 is 22.1 Å². The zero-order valence-electron chi connectivity index (χ0n) is 5.90. The van der Waals surface area contributed by atoms with Gasteiger partial charge in [0, 0.05) is 0 Å². The Morgan fingerprint density at radius 1 is 1.64 bits per heavy atom. The maximum atomic E-state index is 10.5. The molecule has 0 heterocycles. The van der Waals surface area contributed by atoms with E-state index in [1.165, 1.54) is 6.92 Å². The van der Waals surface area contributed by atoms with Gasteiger partial charge >= 0.3 is 17.5 Å². The van der Waals surface area contributed by atoms with E-state index in [2.05, 4.69) is 13.1 Å². The molecule has 0 amide bonds. The van der Waals surface area contributed by atoms with Gasteiger partial charge in [0.2, 0.25) is 0 Å². The molecule has 66 valence electrons. The zero-order chi connectivity index (χ0) is 8.85. The maximum Gasteiger partial charge on any atom is 0.523 e. The van der Waals surface area contributed by atoms with Crippen molar-refractivity contribution in [2.75, 3.05) is 7.11 Å². The maximum absolute atomic E-state index is 10.5. The van der Waals surface area contributed by atoms with Gasteiger partial charge in [0.25, 0.3) is 0 Å². The highest BCUT2D eigenvalue weighted by molar-refractivity contribution is 7.75. The van der Waals surface area contributed by atoms with E-state index in [0.717, 1.165) is 7.11 Å². The van der Waals surface area contributed by atoms with E-state index >= 15 is 0 Å². The fourth-order valence-electron chi connectivity index (χ4n) is 0.217. The van der Waals surface area contributed by atoms with Crippen LogP contribution in [0.1, 0.15) is 6.92 Å². The summed E-state index contributed by atoms with van der Waals surface area (Å²) in [5.74, 6) is 0. The number of halogens is 1. The zero-order valence-corrected chi connectivity index (χ0v) is 7.48. The van der Waals surface area contributed by atoms with Crippen LogP contribution in [0.25, 0.3) is 0 Å². The van der Waals surface area contributed by atoms with E-state index in [0.29, 0.717) is 0 Å². The number of rotatable bonds is 3. The number of carbonyl (C=O) groups is 1. The summed E-state index contributed by atoms with van der Waals surface area (Å²) in [6.45, 7) is 1.43. The molecule has 0 aliphatic rings. The smallest absolute Gasteiger partial charge is 0.437 e. The normalized spacial score (nSPS) is 15.2. The Morgan fingerprint density at radius 2 is 2.18 bits per heavy atom. The molecular formula is C4H7ClO5S. The lowest BCUT2D eigenvalue weighted by molar-refractivity contribution is 0.119. The number of hydrogen-bond donors (Lipinski definition) is 0. The molecule has 0 saturated heterocycles. The minimum absolute atomic E-state index is 0.791. The summed E-state index contributed by atoms with van der Waals surface area (Å²) >= 11 is 3.07. The lowest BCUT2D eigenvalue weighted by Gasteiger charge is -2.02. The topological polar surface area (TPSA) is 61.8 Å². The van der Waals surface area contributed by atoms with E-state index in [-0.39, 0.29) is 0 Å². The van der Waals surface area contributed by atoms with Crippen molar-refractivity contribution in [1.29, 1.82) is 0 Å². The third kappa shape index (κ3) is 6.08. The Morgan fingerprint density at radius 3 is 2.55 bits per heavy atom. The Balaban J connectivity index is 3.61. The average Bonchev–Trinajstić information content (AvgIpc) is 1.85. The van der Waals surface area contributed by atoms with Crippen LogP contribution in [0.2, 0.25) is 0 Å². The van der Waals surface area contributed by atoms with Gasteiger partial charge in [-0.25, -0.2) is 8.98 Å². The minimum Gasteiger partial charge on any atom is -0.437 e. The van der Waals surface area contributed by atoms with Gasteiger partial charge < -0.3 is 8.92 Å². The first-order valence-corrected chi connectivity index (χ1v) is 3.99. The van der Waals surface area contributed by atoms with Crippen molar-refractivity contribution in [1.82, 2.24) is 0 Å². The summed E-state index contributed by atoms with van der Waals surface area (Å²) < 4.78 is 22.9. The Labute approximate surface area is 71.4 Å². The number of ether oxygens (including phenoxy) is 1. The minimum atomic E-state index is -2.19. The molecule has 0 saturated carbocycles. The average molecular weight is 203 g/mol. The third-order valence-corrected chi connectivity index (χ3v) is 1.43. The van der Waals surface area contributed by atoms with Gasteiger partial charge in [-0.15, -0.1) is 0 Å². The molecule has 2 unspecified atom stereocenters. The van der Waals surface area contributed by atoms with E-state index in [9.17, 15) is 9.00 Å². The van der Waals surface area contributed by atoms with Gasteiger partial charge in [-0.1, -0.05) is 11.6 Å². The van der Waals surface area contributed by atoms with Gasteiger partial charge in [-0.05, 0) is 6.92 Å². The molecule has 2 atom stereocenters. The largest absolute Gasteiger partial charge is 0.523 e. The van der Waals surface area contributed by atoms with Crippen molar-refractivity contribution >= 4 is 29.1 Å². The highest BCUT2D eigenvalue weighted by atomic mass is 35.5. The van der Waals surface area contributed by atoms with Gasteiger partial charge in [0.1, 0.15) is 5.56 Å². The fraction of sp³-hybridized carbons (Fsp3) is 0.750. The van der Waals surface area contributed by atoms with Gasteiger partial charge in [0.05, 0.1) is 7.11 Å². The molecule has 7 heteroatoms. The monoisotopic (exact) mass is 202 g/mol. The fourth-order valence-corrected chi connectivity index (χ4v) is 0.831. The van der Waals surface area contributed by atoms with Crippen LogP contribution in [0.3, 0.4) is 0 Å². The van der Waals surface area contributed by atoms with Crippen LogP contribution in [0.5, 0.6) is 0 Å². The number of carbonyl (C=O) groups excluding carboxylic acids is 1. The van der Waals surface area contributed by atoms with Crippen LogP contribution in [-0.4, -0.2) is 23.0 Å². The molecule has 0 aliphatic heterocycles. The van der Waals surface area contributed by atoms with Crippen molar-refractivity contribution in [3.8, 4) is 0 Å². The molecule has 0 spiro atoms. The summed E-state index contributed by atoms with van der Waals surface area (Å²) in [5, 5.41) is 0. The van der Waals surface area contributed by atoms with E-state index in [1.807, 2.05) is 0 Å². The summed E-state index contributed by atoms with van der Waals surface area (Å²) in [5.41, 5.74) is -0.791. The molecule has 0 aromatic carbocycles. The second kappa shape index (κ2) is 5.34. The van der Waals surface area contributed by atoms with Crippen molar-refractivity contribution in [2.24, 2.45) is 0 Å². The van der Waals surface area contributed by atoms with Crippen LogP contribution in [0.15, 0.2) is 0 Å². The lowest BCUT2D eigenvalue weighted by Crippen LogP contribution is -2.12. The molecule has 0 aromatic rings. The first kappa shape index (κ1) is 10.7. The summed E-state index contributed by atoms with van der Waals surface area (Å²) in [7, 11) is 1.09. The number of alkyl halides is 1. The molecular weight excluding hydrogens is 196 g/mol. The third-order valence-electron chi connectivity index (χ3n) is 0.514. The van der Waals surface area contributed by atoms with Crippen LogP contribution < -0.4 is 0 Å². The quantitative estimate of drug-likeness (QED) is 0.504. The molecule has 0 fully saturated rings. The van der Waals surface area contributed by atoms with Crippen LogP contribution in [0.4, 0.5) is 4.79 Å². The second-order valence-corrected chi connectivity index (χ2v) is 2.76. The van der Waals surface area contributed by atoms with Crippen LogP contribution in [-0.2, 0) is 24.5 Å². The Bertz CT molecular complexity index is 159. The standard InChI is InChI=1S/C4H7ClO5S/c1-3(5)9-11(7)10-4(6)8-2/h3H,1-2H3. The highest BCUT2D eigenvalue weighted by Crippen LogP contribution is 2.01. The molecule has 0 bridgehead atoms. The van der Waals surface area contributed by atoms with Crippen molar-refractivity contribution in [2.45, 2.75) is 12.5 Å². The first-order valence-electron chi connectivity index (χ1n) is 2.55. The van der Waals surface area contributed by atoms with Crippen molar-refractivity contribution in [3.05, 3.63) is 0 Å². The van der Waals surface area contributed by atoms with E-state index < -0.39 is 23.1 Å². The Hall–Kier alpha value is -0.330. The van der Waals surface area contributed by atoms with Crippen LogP contribution in [0, 0.1) is 0 Å². The highest BCUT2D eigenvalue weighted by Gasteiger charge is 2.11. The van der Waals surface area contributed by atoms with Crippen LogP contribution >= 0.6 is 11.6 Å². The summed E-state index contributed by atoms with van der Waals surface area (Å²) in [4.78, 5) is 10.2. The SMILES string of the molecule is COC(=O)OS(=O)OC(C)Cl. The molecule has 5 nitrogen and oxygen atoms in total.